The number of nitrogens with one attached hydrogen (secondary N) is 1. The van der Waals surface area contributed by atoms with Gasteiger partial charge in [0.15, 0.2) is 0 Å². The molecule has 0 heterocycles. The van der Waals surface area contributed by atoms with E-state index in [0.717, 1.165) is 0 Å². The fraction of sp³-hybridized carbons (Fsp3) is 0. The second-order valence-electron chi connectivity index (χ2n) is 3.78. The van der Waals surface area contributed by atoms with Crippen molar-refractivity contribution in [2.75, 3.05) is 11.1 Å². The first kappa shape index (κ1) is 13.7. The first-order valence-electron chi connectivity index (χ1n) is 5.22. The van der Waals surface area contributed by atoms with Gasteiger partial charge in [-0.25, -0.2) is 4.39 Å². The number of halogens is 3. The van der Waals surface area contributed by atoms with Gasteiger partial charge in [-0.1, -0.05) is 11.6 Å². The van der Waals surface area contributed by atoms with Gasteiger partial charge in [-0.05, 0) is 40.2 Å². The van der Waals surface area contributed by atoms with Crippen molar-refractivity contribution in [2.24, 2.45) is 0 Å². The molecule has 0 spiro atoms. The first-order valence-corrected chi connectivity index (χ1v) is 6.39. The molecule has 0 aromatic heterocycles. The van der Waals surface area contributed by atoms with E-state index < -0.39 is 5.82 Å². The highest BCUT2D eigenvalue weighted by molar-refractivity contribution is 9.10. The lowest BCUT2D eigenvalue weighted by Crippen LogP contribution is -1.98. The van der Waals surface area contributed by atoms with Crippen molar-refractivity contribution in [1.29, 1.82) is 5.26 Å². The predicted octanol–water partition coefficient (Wildman–Crippen LogP) is 4.44. The Balaban J connectivity index is 2.42. The second kappa shape index (κ2) is 5.47. The molecule has 0 aliphatic heterocycles. The molecule has 0 saturated heterocycles. The Kier molecular flexibility index (Phi) is 3.93. The van der Waals surface area contributed by atoms with E-state index >= 15 is 0 Å². The normalized spacial score (nSPS) is 10.0. The molecular weight excluding hydrogens is 333 g/mol. The number of hydrogen-bond acceptors (Lipinski definition) is 3. The van der Waals surface area contributed by atoms with E-state index in [1.807, 2.05) is 6.07 Å². The molecule has 0 fully saturated rings. The topological polar surface area (TPSA) is 61.8 Å². The number of nitrogens with zero attached hydrogens (tertiary/aromatic N) is 1. The van der Waals surface area contributed by atoms with Crippen molar-refractivity contribution >= 4 is 44.6 Å². The Bertz CT molecular complexity index is 682. The summed E-state index contributed by atoms with van der Waals surface area (Å²) in [7, 11) is 0. The maximum atomic E-state index is 13.3. The smallest absolute Gasteiger partial charge is 0.139 e. The molecule has 0 aliphatic carbocycles. The molecule has 2 rings (SSSR count). The van der Waals surface area contributed by atoms with Gasteiger partial charge in [-0.2, -0.15) is 5.26 Å². The Morgan fingerprint density at radius 1 is 1.26 bits per heavy atom. The number of anilines is 3. The van der Waals surface area contributed by atoms with Crippen molar-refractivity contribution in [3.63, 3.8) is 0 Å². The Hall–Kier alpha value is -1.77. The van der Waals surface area contributed by atoms with Crippen molar-refractivity contribution < 1.29 is 4.39 Å². The predicted molar refractivity (Wildman–Crippen MR) is 78.0 cm³/mol. The molecule has 0 amide bonds. The highest BCUT2D eigenvalue weighted by Gasteiger charge is 2.08. The number of benzene rings is 2. The molecule has 2 aromatic carbocycles. The first-order chi connectivity index (χ1) is 9.01. The van der Waals surface area contributed by atoms with E-state index in [9.17, 15) is 4.39 Å². The summed E-state index contributed by atoms with van der Waals surface area (Å²) in [6.07, 6.45) is 0. The van der Waals surface area contributed by atoms with E-state index in [4.69, 9.17) is 22.6 Å². The lowest BCUT2D eigenvalue weighted by atomic mass is 10.2. The Labute approximate surface area is 122 Å². The number of rotatable bonds is 2. The van der Waals surface area contributed by atoms with Gasteiger partial charge < -0.3 is 11.1 Å². The zero-order valence-electron chi connectivity index (χ0n) is 9.55. The molecule has 0 unspecified atom stereocenters. The van der Waals surface area contributed by atoms with Crippen LogP contribution in [0.5, 0.6) is 0 Å². The van der Waals surface area contributed by atoms with Gasteiger partial charge in [-0.3, -0.25) is 0 Å². The summed E-state index contributed by atoms with van der Waals surface area (Å²) >= 11 is 9.11. The third-order valence-electron chi connectivity index (χ3n) is 2.46. The van der Waals surface area contributed by atoms with Crippen LogP contribution in [-0.4, -0.2) is 0 Å². The molecule has 0 radical (unpaired) electrons. The largest absolute Gasteiger partial charge is 0.397 e. The molecule has 0 aliphatic rings. The lowest BCUT2D eigenvalue weighted by molar-refractivity contribution is 0.622. The van der Waals surface area contributed by atoms with Crippen molar-refractivity contribution in [2.45, 2.75) is 0 Å². The molecule has 19 heavy (non-hydrogen) atoms. The molecular formula is C13H8BrClFN3. The monoisotopic (exact) mass is 339 g/mol. The zero-order valence-corrected chi connectivity index (χ0v) is 11.9. The van der Waals surface area contributed by atoms with E-state index in [1.165, 1.54) is 12.1 Å². The molecule has 0 bridgehead atoms. The van der Waals surface area contributed by atoms with Gasteiger partial charge in [0.05, 0.1) is 38.2 Å². The molecule has 2 aromatic rings. The van der Waals surface area contributed by atoms with Crippen LogP contribution in [0.2, 0.25) is 5.02 Å². The number of nitrogens with two attached hydrogens (primary N) is 1. The molecule has 0 atom stereocenters. The van der Waals surface area contributed by atoms with Crippen LogP contribution in [-0.2, 0) is 0 Å². The SMILES string of the molecule is N#Cc1ccc(Cl)c(Nc2cc(Br)c(F)cc2N)c1. The van der Waals surface area contributed by atoms with E-state index in [-0.39, 0.29) is 10.2 Å². The van der Waals surface area contributed by atoms with E-state index in [2.05, 4.69) is 21.2 Å². The van der Waals surface area contributed by atoms with Crippen LogP contribution in [0.25, 0.3) is 0 Å². The lowest BCUT2D eigenvalue weighted by Gasteiger charge is -2.12. The maximum absolute atomic E-state index is 13.3. The standard InChI is InChI=1S/C13H8BrClFN3/c14-8-4-13(11(18)5-10(8)16)19-12-3-7(6-17)1-2-9(12)15/h1-5,19H,18H2. The second-order valence-corrected chi connectivity index (χ2v) is 5.05. The number of nitrogen functional groups attached to an aromatic ring is 1. The Morgan fingerprint density at radius 3 is 2.68 bits per heavy atom. The van der Waals surface area contributed by atoms with Gasteiger partial charge in [0, 0.05) is 6.07 Å². The van der Waals surface area contributed by atoms with Crippen molar-refractivity contribution in [1.82, 2.24) is 0 Å². The van der Waals surface area contributed by atoms with Gasteiger partial charge >= 0.3 is 0 Å². The summed E-state index contributed by atoms with van der Waals surface area (Å²) in [6, 6.07) is 9.55. The Morgan fingerprint density at radius 2 is 2.00 bits per heavy atom. The molecule has 96 valence electrons. The summed E-state index contributed by atoms with van der Waals surface area (Å²) in [5, 5.41) is 12.3. The molecule has 3 nitrogen and oxygen atoms in total. The van der Waals surface area contributed by atoms with Gasteiger partial charge in [0.25, 0.3) is 0 Å². The fourth-order valence-corrected chi connectivity index (χ4v) is 2.01. The highest BCUT2D eigenvalue weighted by Crippen LogP contribution is 2.32. The third-order valence-corrected chi connectivity index (χ3v) is 3.39. The van der Waals surface area contributed by atoms with Crippen LogP contribution >= 0.6 is 27.5 Å². The van der Waals surface area contributed by atoms with Crippen molar-refractivity contribution in [3.05, 3.63) is 51.2 Å². The summed E-state index contributed by atoms with van der Waals surface area (Å²) in [5.41, 5.74) is 7.48. The van der Waals surface area contributed by atoms with Gasteiger partial charge in [-0.15, -0.1) is 0 Å². The minimum Gasteiger partial charge on any atom is -0.397 e. The summed E-state index contributed by atoms with van der Waals surface area (Å²) in [5.74, 6) is -0.445. The van der Waals surface area contributed by atoms with Crippen molar-refractivity contribution in [3.8, 4) is 6.07 Å². The maximum Gasteiger partial charge on any atom is 0.139 e. The van der Waals surface area contributed by atoms with Gasteiger partial charge in [0.2, 0.25) is 0 Å². The minimum atomic E-state index is -0.445. The van der Waals surface area contributed by atoms with Crippen LogP contribution < -0.4 is 11.1 Å². The molecule has 0 saturated carbocycles. The van der Waals surface area contributed by atoms with Crippen LogP contribution in [0.15, 0.2) is 34.8 Å². The third kappa shape index (κ3) is 2.98. The molecule has 3 N–H and O–H groups in total. The average molecular weight is 341 g/mol. The molecule has 6 heteroatoms. The quantitative estimate of drug-likeness (QED) is 0.795. The minimum absolute atomic E-state index is 0.249. The number of nitriles is 1. The summed E-state index contributed by atoms with van der Waals surface area (Å²) in [4.78, 5) is 0. The van der Waals surface area contributed by atoms with E-state index in [1.54, 1.807) is 18.2 Å². The summed E-state index contributed by atoms with van der Waals surface area (Å²) in [6.45, 7) is 0. The highest BCUT2D eigenvalue weighted by atomic mass is 79.9. The van der Waals surface area contributed by atoms with Crippen LogP contribution in [0.4, 0.5) is 21.5 Å². The van der Waals surface area contributed by atoms with Crippen LogP contribution in [0.3, 0.4) is 0 Å². The van der Waals surface area contributed by atoms with Crippen LogP contribution in [0, 0.1) is 17.1 Å². The zero-order chi connectivity index (χ0) is 14.0. The average Bonchev–Trinajstić information content (AvgIpc) is 2.38. The van der Waals surface area contributed by atoms with E-state index in [0.29, 0.717) is 22.0 Å². The van der Waals surface area contributed by atoms with Gasteiger partial charge in [0.1, 0.15) is 5.82 Å². The van der Waals surface area contributed by atoms with Crippen LogP contribution in [0.1, 0.15) is 5.56 Å². The summed E-state index contributed by atoms with van der Waals surface area (Å²) < 4.78 is 13.6. The fourth-order valence-electron chi connectivity index (χ4n) is 1.51. The number of hydrogen-bond donors (Lipinski definition) is 2.